The first-order valence-corrected chi connectivity index (χ1v) is 8.51. The van der Waals surface area contributed by atoms with Gasteiger partial charge in [0.2, 0.25) is 16.9 Å². The number of aromatic nitrogens is 4. The van der Waals surface area contributed by atoms with Gasteiger partial charge in [0.25, 0.3) is 0 Å². The first kappa shape index (κ1) is 16.8. The largest absolute Gasteiger partial charge is 0.352 e. The molecule has 0 radical (unpaired) electrons. The summed E-state index contributed by atoms with van der Waals surface area (Å²) >= 11 is 1.23. The Morgan fingerprint density at radius 1 is 1.12 bits per heavy atom. The van der Waals surface area contributed by atoms with Gasteiger partial charge in [-0.25, -0.2) is 4.68 Å². The maximum absolute atomic E-state index is 12.0. The Labute approximate surface area is 147 Å². The van der Waals surface area contributed by atoms with Crippen LogP contribution in [0.4, 0.5) is 5.13 Å². The summed E-state index contributed by atoms with van der Waals surface area (Å²) in [5.74, 6) is -0.452. The van der Waals surface area contributed by atoms with Crippen LogP contribution in [0.25, 0.3) is 5.69 Å². The van der Waals surface area contributed by atoms with Crippen molar-refractivity contribution in [1.82, 2.24) is 25.3 Å². The Hall–Kier alpha value is -3.07. The Balaban J connectivity index is 1.49. The van der Waals surface area contributed by atoms with E-state index in [2.05, 4.69) is 25.9 Å². The monoisotopic (exact) mass is 356 g/mol. The number of nitrogens with one attached hydrogen (secondary N) is 2. The zero-order valence-electron chi connectivity index (χ0n) is 13.3. The van der Waals surface area contributed by atoms with Crippen LogP contribution in [0.15, 0.2) is 48.2 Å². The highest BCUT2D eigenvalue weighted by Gasteiger charge is 2.10. The van der Waals surface area contributed by atoms with Gasteiger partial charge in [-0.05, 0) is 17.7 Å². The molecule has 8 nitrogen and oxygen atoms in total. The third-order valence-electron chi connectivity index (χ3n) is 3.40. The molecular weight excluding hydrogens is 340 g/mol. The summed E-state index contributed by atoms with van der Waals surface area (Å²) in [7, 11) is 0. The molecule has 0 atom stereocenters. The molecule has 25 heavy (non-hydrogen) atoms. The number of nitrogens with zero attached hydrogens (tertiary/aromatic N) is 4. The molecule has 128 valence electrons. The normalized spacial score (nSPS) is 10.4. The van der Waals surface area contributed by atoms with Gasteiger partial charge < -0.3 is 10.6 Å². The lowest BCUT2D eigenvalue weighted by Crippen LogP contribution is -2.25. The summed E-state index contributed by atoms with van der Waals surface area (Å²) in [6.45, 7) is 0.368. The van der Waals surface area contributed by atoms with E-state index in [-0.39, 0.29) is 24.7 Å². The van der Waals surface area contributed by atoms with Gasteiger partial charge in [-0.1, -0.05) is 29.5 Å². The minimum absolute atomic E-state index is 0.0895. The Bertz CT molecular complexity index is 832. The topological polar surface area (TPSA) is 102 Å². The molecule has 2 amide bonds. The number of para-hydroxylation sites is 1. The predicted molar refractivity (Wildman–Crippen MR) is 93.2 cm³/mol. The van der Waals surface area contributed by atoms with Crippen LogP contribution in [0.3, 0.4) is 0 Å². The fourth-order valence-electron chi connectivity index (χ4n) is 2.21. The van der Waals surface area contributed by atoms with Gasteiger partial charge in [-0.15, -0.1) is 10.2 Å². The fraction of sp³-hybridized carbons (Fsp3) is 0.188. The molecule has 0 unspecified atom stereocenters. The molecule has 0 bridgehead atoms. The lowest BCUT2D eigenvalue weighted by atomic mass is 10.1. The molecule has 0 aliphatic carbocycles. The zero-order chi connectivity index (χ0) is 17.5. The maximum atomic E-state index is 12.0. The Morgan fingerprint density at radius 3 is 2.72 bits per heavy atom. The Kier molecular flexibility index (Phi) is 5.47. The molecule has 0 spiro atoms. The molecule has 9 heteroatoms. The van der Waals surface area contributed by atoms with E-state index in [1.165, 1.54) is 16.8 Å². The second-order valence-corrected chi connectivity index (χ2v) is 5.98. The fourth-order valence-corrected chi connectivity index (χ4v) is 2.67. The number of benzene rings is 1. The van der Waals surface area contributed by atoms with E-state index >= 15 is 0 Å². The van der Waals surface area contributed by atoms with Crippen LogP contribution in [0.2, 0.25) is 0 Å². The van der Waals surface area contributed by atoms with Gasteiger partial charge in [0.15, 0.2) is 0 Å². The predicted octanol–water partition coefficient (Wildman–Crippen LogP) is 1.76. The van der Waals surface area contributed by atoms with Crippen LogP contribution in [-0.2, 0) is 16.1 Å². The highest BCUT2D eigenvalue weighted by Crippen LogP contribution is 2.13. The molecule has 2 aromatic heterocycles. The summed E-state index contributed by atoms with van der Waals surface area (Å²) < 4.78 is 1.75. The number of carbonyl (C=O) groups is 2. The van der Waals surface area contributed by atoms with Crippen LogP contribution in [0.5, 0.6) is 0 Å². The van der Waals surface area contributed by atoms with Crippen molar-refractivity contribution in [3.8, 4) is 5.69 Å². The molecule has 0 aliphatic heterocycles. The SMILES string of the molecule is O=C(CCC(=O)Nc1nncs1)NCc1ccccc1-n1cccn1. The lowest BCUT2D eigenvalue weighted by molar-refractivity contribution is -0.124. The molecule has 2 N–H and O–H groups in total. The van der Waals surface area contributed by atoms with E-state index in [0.717, 1.165) is 11.3 Å². The first-order valence-electron chi connectivity index (χ1n) is 7.63. The van der Waals surface area contributed by atoms with Crippen molar-refractivity contribution in [2.75, 3.05) is 5.32 Å². The van der Waals surface area contributed by atoms with Gasteiger partial charge in [0.1, 0.15) is 5.51 Å². The summed E-state index contributed by atoms with van der Waals surface area (Å²) in [5.41, 5.74) is 3.37. The van der Waals surface area contributed by atoms with Crippen molar-refractivity contribution in [3.05, 3.63) is 53.8 Å². The van der Waals surface area contributed by atoms with E-state index in [9.17, 15) is 9.59 Å². The van der Waals surface area contributed by atoms with E-state index in [0.29, 0.717) is 11.7 Å². The van der Waals surface area contributed by atoms with Crippen molar-refractivity contribution < 1.29 is 9.59 Å². The summed E-state index contributed by atoms with van der Waals surface area (Å²) in [4.78, 5) is 23.7. The van der Waals surface area contributed by atoms with E-state index in [1.807, 2.05) is 36.5 Å². The first-order chi connectivity index (χ1) is 12.2. The summed E-state index contributed by atoms with van der Waals surface area (Å²) in [5, 5.41) is 17.4. The number of hydrogen-bond donors (Lipinski definition) is 2. The smallest absolute Gasteiger partial charge is 0.226 e. The van der Waals surface area contributed by atoms with Crippen molar-refractivity contribution in [3.63, 3.8) is 0 Å². The van der Waals surface area contributed by atoms with Gasteiger partial charge in [0.05, 0.1) is 5.69 Å². The summed E-state index contributed by atoms with van der Waals surface area (Å²) in [6, 6.07) is 9.53. The standard InChI is InChI=1S/C16H16N6O2S/c23-14(6-7-15(24)20-16-21-18-11-25-16)17-10-12-4-1-2-5-13(12)22-9-3-8-19-22/h1-5,8-9,11H,6-7,10H2,(H,17,23)(H,20,21,24). The van der Waals surface area contributed by atoms with Crippen molar-refractivity contribution in [2.24, 2.45) is 0 Å². The van der Waals surface area contributed by atoms with Crippen molar-refractivity contribution >= 4 is 28.3 Å². The molecule has 3 aromatic rings. The third-order valence-corrected chi connectivity index (χ3v) is 4.01. The molecule has 0 aliphatic rings. The maximum Gasteiger partial charge on any atom is 0.226 e. The van der Waals surface area contributed by atoms with Crippen LogP contribution in [-0.4, -0.2) is 31.8 Å². The molecule has 2 heterocycles. The number of rotatable bonds is 7. The quantitative estimate of drug-likeness (QED) is 0.672. The average molecular weight is 356 g/mol. The van der Waals surface area contributed by atoms with E-state index in [4.69, 9.17) is 0 Å². The van der Waals surface area contributed by atoms with Gasteiger partial charge in [-0.3, -0.25) is 9.59 Å². The van der Waals surface area contributed by atoms with Crippen molar-refractivity contribution in [1.29, 1.82) is 0 Å². The number of hydrogen-bond acceptors (Lipinski definition) is 6. The second kappa shape index (κ2) is 8.15. The number of anilines is 1. The van der Waals surface area contributed by atoms with E-state index in [1.54, 1.807) is 10.9 Å². The van der Waals surface area contributed by atoms with Gasteiger partial charge in [-0.2, -0.15) is 5.10 Å². The third kappa shape index (κ3) is 4.70. The van der Waals surface area contributed by atoms with Crippen LogP contribution < -0.4 is 10.6 Å². The minimum Gasteiger partial charge on any atom is -0.352 e. The molecule has 0 saturated heterocycles. The van der Waals surface area contributed by atoms with Gasteiger partial charge >= 0.3 is 0 Å². The average Bonchev–Trinajstić information content (AvgIpc) is 3.32. The summed E-state index contributed by atoms with van der Waals surface area (Å²) in [6.07, 6.45) is 3.74. The van der Waals surface area contributed by atoms with Crippen LogP contribution >= 0.6 is 11.3 Å². The second-order valence-electron chi connectivity index (χ2n) is 5.15. The minimum atomic E-state index is -0.260. The Morgan fingerprint density at radius 2 is 1.96 bits per heavy atom. The lowest BCUT2D eigenvalue weighted by Gasteiger charge is -2.10. The molecule has 3 rings (SSSR count). The van der Waals surface area contributed by atoms with E-state index < -0.39 is 0 Å². The molecular formula is C16H16N6O2S. The molecule has 0 fully saturated rings. The number of amides is 2. The molecule has 1 aromatic carbocycles. The van der Waals surface area contributed by atoms with Gasteiger partial charge in [0, 0.05) is 31.8 Å². The number of carbonyl (C=O) groups excluding carboxylic acids is 2. The zero-order valence-corrected chi connectivity index (χ0v) is 14.1. The van der Waals surface area contributed by atoms with Crippen molar-refractivity contribution in [2.45, 2.75) is 19.4 Å². The van der Waals surface area contributed by atoms with Crippen LogP contribution in [0.1, 0.15) is 18.4 Å². The molecule has 0 saturated carbocycles. The highest BCUT2D eigenvalue weighted by molar-refractivity contribution is 7.13. The highest BCUT2D eigenvalue weighted by atomic mass is 32.1. The van der Waals surface area contributed by atoms with Crippen LogP contribution in [0, 0.1) is 0 Å².